The van der Waals surface area contributed by atoms with E-state index in [-0.39, 0.29) is 0 Å². The number of nitrogens with one attached hydrogen (secondary N) is 5. The molecule has 5 N–H and O–H groups in total. The fourth-order valence-corrected chi connectivity index (χ4v) is 4.48. The molecule has 1 saturated heterocycles. The van der Waals surface area contributed by atoms with E-state index in [1.807, 2.05) is 40.9 Å². The molecule has 2 aromatic heterocycles. The van der Waals surface area contributed by atoms with E-state index in [1.165, 1.54) is 0 Å². The Balaban J connectivity index is 1.27. The third kappa shape index (κ3) is 6.20. The van der Waals surface area contributed by atoms with Crippen molar-refractivity contribution in [3.63, 3.8) is 0 Å². The summed E-state index contributed by atoms with van der Waals surface area (Å²) in [5, 5.41) is 7.78. The van der Waals surface area contributed by atoms with E-state index in [2.05, 4.69) is 38.4 Å². The SMILES string of the molecule is CN1CCC(NC2=CC=C(c3ccn4c(-c5cccc(NC(=O)NCC(F)(F)F)c5)cnc4c3)NN2)CC1. The summed E-state index contributed by atoms with van der Waals surface area (Å²) < 4.78 is 38.9. The molecule has 2 amide bonds. The largest absolute Gasteiger partial charge is 0.405 e. The number of piperidine rings is 1. The summed E-state index contributed by atoms with van der Waals surface area (Å²) in [4.78, 5) is 18.7. The Morgan fingerprint density at radius 1 is 1.11 bits per heavy atom. The maximum absolute atomic E-state index is 12.3. The molecule has 2 aliphatic rings. The monoisotopic (exact) mass is 526 g/mol. The van der Waals surface area contributed by atoms with Crippen molar-refractivity contribution in [2.24, 2.45) is 0 Å². The minimum Gasteiger partial charge on any atom is -0.368 e. The fourth-order valence-electron chi connectivity index (χ4n) is 4.48. The predicted octanol–water partition coefficient (Wildman–Crippen LogP) is 3.66. The van der Waals surface area contributed by atoms with Gasteiger partial charge in [-0.3, -0.25) is 15.3 Å². The van der Waals surface area contributed by atoms with Crippen LogP contribution in [-0.4, -0.2) is 59.2 Å². The lowest BCUT2D eigenvalue weighted by Gasteiger charge is -2.32. The first-order chi connectivity index (χ1) is 18.2. The zero-order chi connectivity index (χ0) is 26.7. The summed E-state index contributed by atoms with van der Waals surface area (Å²) in [5.74, 6) is 0.938. The van der Waals surface area contributed by atoms with Crippen molar-refractivity contribution in [2.45, 2.75) is 25.1 Å². The van der Waals surface area contributed by atoms with Crippen LogP contribution in [0.15, 0.2) is 66.8 Å². The van der Waals surface area contributed by atoms with Gasteiger partial charge < -0.3 is 20.9 Å². The molecule has 38 heavy (non-hydrogen) atoms. The Morgan fingerprint density at radius 2 is 1.92 bits per heavy atom. The molecule has 4 heterocycles. The van der Waals surface area contributed by atoms with Gasteiger partial charge >= 0.3 is 12.2 Å². The van der Waals surface area contributed by atoms with Crippen molar-refractivity contribution in [2.75, 3.05) is 32.0 Å². The van der Waals surface area contributed by atoms with E-state index in [1.54, 1.807) is 29.7 Å². The minimum atomic E-state index is -4.48. The molecule has 3 aromatic rings. The normalized spacial score (nSPS) is 16.7. The molecule has 0 bridgehead atoms. The number of fused-ring (bicyclic) bond motifs is 1. The van der Waals surface area contributed by atoms with Crippen LogP contribution in [0.3, 0.4) is 0 Å². The standard InChI is InChI=1S/C26H29F3N8O/c1-36-10-8-19(9-11-36)32-23-6-5-21(34-35-23)17-7-12-37-22(15-30-24(37)14-17)18-3-2-4-20(13-18)33-25(38)31-16-26(27,28)29/h2-7,12-15,19,32,34-35H,8-11,16H2,1H3,(H2,31,33,38). The number of benzene rings is 1. The van der Waals surface area contributed by atoms with E-state index in [0.717, 1.165) is 59.9 Å². The second-order valence-electron chi connectivity index (χ2n) is 9.42. The van der Waals surface area contributed by atoms with Crippen molar-refractivity contribution in [3.05, 3.63) is 72.3 Å². The minimum absolute atomic E-state index is 0.368. The molecule has 0 atom stereocenters. The number of hydrogen-bond acceptors (Lipinski definition) is 6. The van der Waals surface area contributed by atoms with Crippen LogP contribution in [-0.2, 0) is 0 Å². The number of allylic oxidation sites excluding steroid dienone is 2. The Morgan fingerprint density at radius 3 is 2.66 bits per heavy atom. The fraction of sp³-hybridized carbons (Fsp3) is 0.308. The second-order valence-corrected chi connectivity index (χ2v) is 9.42. The van der Waals surface area contributed by atoms with Gasteiger partial charge in [-0.25, -0.2) is 9.78 Å². The van der Waals surface area contributed by atoms with Crippen LogP contribution in [0.2, 0.25) is 0 Å². The lowest BCUT2D eigenvalue weighted by Crippen LogP contribution is -2.46. The van der Waals surface area contributed by atoms with Gasteiger partial charge in [0.25, 0.3) is 0 Å². The highest BCUT2D eigenvalue weighted by atomic mass is 19.4. The van der Waals surface area contributed by atoms with Crippen LogP contribution in [0.5, 0.6) is 0 Å². The molecule has 2 aliphatic heterocycles. The molecule has 0 unspecified atom stereocenters. The van der Waals surface area contributed by atoms with Gasteiger partial charge in [0.15, 0.2) is 0 Å². The molecule has 200 valence electrons. The first kappa shape index (κ1) is 25.5. The molecule has 0 aliphatic carbocycles. The molecule has 5 rings (SSSR count). The number of alkyl halides is 3. The van der Waals surface area contributed by atoms with Gasteiger partial charge in [-0.15, -0.1) is 0 Å². The number of nitrogens with zero attached hydrogens (tertiary/aromatic N) is 3. The van der Waals surface area contributed by atoms with E-state index < -0.39 is 18.8 Å². The van der Waals surface area contributed by atoms with Crippen LogP contribution < -0.4 is 26.8 Å². The van der Waals surface area contributed by atoms with Crippen LogP contribution in [0.1, 0.15) is 18.4 Å². The summed E-state index contributed by atoms with van der Waals surface area (Å²) in [6, 6.07) is 10.3. The van der Waals surface area contributed by atoms with E-state index in [9.17, 15) is 18.0 Å². The quantitative estimate of drug-likeness (QED) is 0.337. The van der Waals surface area contributed by atoms with Crippen molar-refractivity contribution in [1.82, 2.24) is 35.8 Å². The van der Waals surface area contributed by atoms with Crippen molar-refractivity contribution in [1.29, 1.82) is 0 Å². The number of aromatic nitrogens is 2. The number of amides is 2. The van der Waals surface area contributed by atoms with Crippen LogP contribution in [0.4, 0.5) is 23.7 Å². The summed E-state index contributed by atoms with van der Waals surface area (Å²) in [7, 11) is 2.14. The highest BCUT2D eigenvalue weighted by Gasteiger charge is 2.27. The lowest BCUT2D eigenvalue weighted by molar-refractivity contribution is -0.122. The molecule has 0 spiro atoms. The van der Waals surface area contributed by atoms with Gasteiger partial charge in [0, 0.05) is 29.1 Å². The topological polar surface area (TPSA) is 97.8 Å². The molecular formula is C26H29F3N8O. The zero-order valence-corrected chi connectivity index (χ0v) is 20.8. The number of carbonyl (C=O) groups excluding carboxylic acids is 1. The molecule has 0 radical (unpaired) electrons. The van der Waals surface area contributed by atoms with Crippen LogP contribution in [0.25, 0.3) is 22.6 Å². The summed E-state index contributed by atoms with van der Waals surface area (Å²) in [5.41, 5.74) is 11.0. The number of imidazole rings is 1. The molecular weight excluding hydrogens is 497 g/mol. The van der Waals surface area contributed by atoms with Crippen molar-refractivity contribution >= 4 is 23.1 Å². The molecule has 9 nitrogen and oxygen atoms in total. The molecule has 1 fully saturated rings. The Labute approximate surface area is 217 Å². The third-order valence-electron chi connectivity index (χ3n) is 6.52. The number of hydrogen-bond donors (Lipinski definition) is 5. The van der Waals surface area contributed by atoms with Gasteiger partial charge in [-0.1, -0.05) is 12.1 Å². The van der Waals surface area contributed by atoms with Gasteiger partial charge in [-0.2, -0.15) is 13.2 Å². The highest BCUT2D eigenvalue weighted by molar-refractivity contribution is 5.90. The van der Waals surface area contributed by atoms with E-state index >= 15 is 0 Å². The highest BCUT2D eigenvalue weighted by Crippen LogP contribution is 2.25. The van der Waals surface area contributed by atoms with Gasteiger partial charge in [-0.05, 0) is 69.4 Å². The summed E-state index contributed by atoms with van der Waals surface area (Å²) >= 11 is 0. The second kappa shape index (κ2) is 10.7. The van der Waals surface area contributed by atoms with Crippen LogP contribution in [0, 0.1) is 0 Å². The number of carbonyl (C=O) groups is 1. The van der Waals surface area contributed by atoms with Gasteiger partial charge in [0.2, 0.25) is 0 Å². The zero-order valence-electron chi connectivity index (χ0n) is 20.8. The maximum atomic E-state index is 12.3. The summed E-state index contributed by atoms with van der Waals surface area (Å²) in [6.07, 6.45) is 5.39. The number of pyridine rings is 1. The average molecular weight is 527 g/mol. The van der Waals surface area contributed by atoms with E-state index in [0.29, 0.717) is 11.7 Å². The number of likely N-dealkylation sites (tertiary alicyclic amines) is 1. The molecule has 1 aromatic carbocycles. The first-order valence-corrected chi connectivity index (χ1v) is 12.3. The summed E-state index contributed by atoms with van der Waals surface area (Å²) in [6.45, 7) is 0.772. The lowest BCUT2D eigenvalue weighted by atomic mass is 10.1. The van der Waals surface area contributed by atoms with Gasteiger partial charge in [0.1, 0.15) is 18.0 Å². The average Bonchev–Trinajstić information content (AvgIpc) is 3.32. The van der Waals surface area contributed by atoms with Crippen LogP contribution >= 0.6 is 0 Å². The first-order valence-electron chi connectivity index (χ1n) is 12.3. The van der Waals surface area contributed by atoms with Crippen molar-refractivity contribution in [3.8, 4) is 11.3 Å². The number of halogens is 3. The van der Waals surface area contributed by atoms with E-state index in [4.69, 9.17) is 0 Å². The maximum Gasteiger partial charge on any atom is 0.405 e. The van der Waals surface area contributed by atoms with Crippen molar-refractivity contribution < 1.29 is 18.0 Å². The number of urea groups is 1. The number of hydrazine groups is 1. The Kier molecular flexibility index (Phi) is 7.14. The molecule has 12 heteroatoms. The molecule has 0 saturated carbocycles. The number of rotatable bonds is 6. The Hall–Kier alpha value is -4.19. The number of anilines is 1. The predicted molar refractivity (Wildman–Crippen MR) is 140 cm³/mol. The smallest absolute Gasteiger partial charge is 0.368 e. The Bertz CT molecular complexity index is 1370. The van der Waals surface area contributed by atoms with Gasteiger partial charge in [0.05, 0.1) is 17.6 Å². The third-order valence-corrected chi connectivity index (χ3v) is 6.52.